The van der Waals surface area contributed by atoms with Gasteiger partial charge >= 0.3 is 6.09 Å². The summed E-state index contributed by atoms with van der Waals surface area (Å²) in [7, 11) is 0. The molecule has 0 aliphatic carbocycles. The van der Waals surface area contributed by atoms with Crippen molar-refractivity contribution in [3.8, 4) is 16.9 Å². The van der Waals surface area contributed by atoms with Gasteiger partial charge in [0.05, 0.1) is 12.3 Å². The van der Waals surface area contributed by atoms with Crippen LogP contribution in [0.1, 0.15) is 12.1 Å². The Bertz CT molecular complexity index is 930. The number of hydrogen-bond acceptors (Lipinski definition) is 5. The van der Waals surface area contributed by atoms with Crippen LogP contribution in [0.25, 0.3) is 11.1 Å². The first-order chi connectivity index (χ1) is 14.2. The molecule has 1 aliphatic heterocycles. The van der Waals surface area contributed by atoms with Gasteiger partial charge in [0, 0.05) is 24.4 Å². The lowest BCUT2D eigenvalue weighted by molar-refractivity contribution is 0.101. The fourth-order valence-corrected chi connectivity index (χ4v) is 3.80. The smallest absolute Gasteiger partial charge is 0.410 e. The standard InChI is InChI=1S/C22H21FN2O3S/c23-19-5-1-17(2-6-19)18-3-7-21(8-4-18)27-14-16-9-11-25(13-16)22(26)28-15-20-10-12-29-24-20/h1-8,10,12,16H,9,11,13-15H2. The molecule has 1 unspecified atom stereocenters. The third-order valence-corrected chi connectivity index (χ3v) is 5.49. The number of hydrogen-bond donors (Lipinski definition) is 0. The van der Waals surface area contributed by atoms with E-state index >= 15 is 0 Å². The van der Waals surface area contributed by atoms with Gasteiger partial charge < -0.3 is 14.4 Å². The number of rotatable bonds is 6. The number of carbonyl (C=O) groups excluding carboxylic acids is 1. The van der Waals surface area contributed by atoms with Crippen LogP contribution in [0.5, 0.6) is 5.75 Å². The van der Waals surface area contributed by atoms with Gasteiger partial charge in [-0.25, -0.2) is 9.18 Å². The van der Waals surface area contributed by atoms with Crippen molar-refractivity contribution in [1.82, 2.24) is 9.27 Å². The molecular weight excluding hydrogens is 391 g/mol. The minimum atomic E-state index is -0.302. The van der Waals surface area contributed by atoms with E-state index in [4.69, 9.17) is 9.47 Å². The largest absolute Gasteiger partial charge is 0.493 e. The molecule has 0 bridgehead atoms. The minimum absolute atomic E-state index is 0.209. The second-order valence-corrected chi connectivity index (χ2v) is 7.65. The molecule has 2 aromatic carbocycles. The Morgan fingerprint density at radius 3 is 2.52 bits per heavy atom. The summed E-state index contributed by atoms with van der Waals surface area (Å²) < 4.78 is 28.4. The summed E-state index contributed by atoms with van der Waals surface area (Å²) in [5.41, 5.74) is 2.74. The summed E-state index contributed by atoms with van der Waals surface area (Å²) in [6.07, 6.45) is 0.587. The monoisotopic (exact) mass is 412 g/mol. The summed E-state index contributed by atoms with van der Waals surface area (Å²) in [5, 5.41) is 1.86. The fraction of sp³-hybridized carbons (Fsp3) is 0.273. The first-order valence-corrected chi connectivity index (χ1v) is 10.3. The van der Waals surface area contributed by atoms with Gasteiger partial charge in [-0.15, -0.1) is 0 Å². The summed E-state index contributed by atoms with van der Waals surface area (Å²) in [5.74, 6) is 0.811. The van der Waals surface area contributed by atoms with E-state index in [1.54, 1.807) is 17.0 Å². The predicted octanol–water partition coefficient (Wildman–Crippen LogP) is 4.99. The summed E-state index contributed by atoms with van der Waals surface area (Å²) in [6, 6.07) is 16.0. The molecule has 29 heavy (non-hydrogen) atoms. The zero-order chi connectivity index (χ0) is 20.1. The molecular formula is C22H21FN2O3S. The van der Waals surface area contributed by atoms with Crippen molar-refractivity contribution in [3.05, 3.63) is 71.5 Å². The molecule has 0 radical (unpaired) electrons. The maximum absolute atomic E-state index is 13.0. The fourth-order valence-electron chi connectivity index (χ4n) is 3.27. The van der Waals surface area contributed by atoms with Crippen LogP contribution in [-0.4, -0.2) is 35.1 Å². The second kappa shape index (κ2) is 9.05. The molecule has 7 heteroatoms. The number of benzene rings is 2. The molecule has 2 heterocycles. The Hall–Kier alpha value is -2.93. The van der Waals surface area contributed by atoms with Crippen LogP contribution >= 0.6 is 11.5 Å². The number of carbonyl (C=O) groups is 1. The third-order valence-electron chi connectivity index (χ3n) is 4.90. The molecule has 1 saturated heterocycles. The van der Waals surface area contributed by atoms with Gasteiger partial charge in [0.1, 0.15) is 18.2 Å². The molecule has 1 atom stereocenters. The molecule has 4 rings (SSSR count). The van der Waals surface area contributed by atoms with Crippen molar-refractivity contribution < 1.29 is 18.7 Å². The summed E-state index contributed by atoms with van der Waals surface area (Å²) in [4.78, 5) is 13.9. The van der Waals surface area contributed by atoms with Crippen LogP contribution in [0.2, 0.25) is 0 Å². The zero-order valence-corrected chi connectivity index (χ0v) is 16.6. The SMILES string of the molecule is O=C(OCc1ccsn1)N1CCC(COc2ccc(-c3ccc(F)cc3)cc2)C1. The molecule has 1 aliphatic rings. The Morgan fingerprint density at radius 2 is 1.83 bits per heavy atom. The van der Waals surface area contributed by atoms with Crippen LogP contribution in [0.3, 0.4) is 0 Å². The van der Waals surface area contributed by atoms with E-state index < -0.39 is 0 Å². The lowest BCUT2D eigenvalue weighted by Crippen LogP contribution is -2.30. The van der Waals surface area contributed by atoms with E-state index in [9.17, 15) is 9.18 Å². The van der Waals surface area contributed by atoms with Crippen LogP contribution in [0, 0.1) is 11.7 Å². The molecule has 0 N–H and O–H groups in total. The lowest BCUT2D eigenvalue weighted by Gasteiger charge is -2.16. The van der Waals surface area contributed by atoms with Crippen molar-refractivity contribution in [2.24, 2.45) is 5.92 Å². The molecule has 1 fully saturated rings. The number of ether oxygens (including phenoxy) is 2. The highest BCUT2D eigenvalue weighted by atomic mass is 32.1. The number of nitrogens with zero attached hydrogens (tertiary/aromatic N) is 2. The Morgan fingerprint density at radius 1 is 1.10 bits per heavy atom. The van der Waals surface area contributed by atoms with Gasteiger partial charge in [-0.2, -0.15) is 4.37 Å². The summed E-state index contributed by atoms with van der Waals surface area (Å²) in [6.45, 7) is 2.06. The maximum Gasteiger partial charge on any atom is 0.410 e. The van der Waals surface area contributed by atoms with Crippen LogP contribution in [-0.2, 0) is 11.3 Å². The quantitative estimate of drug-likeness (QED) is 0.573. The number of likely N-dealkylation sites (tertiary alicyclic amines) is 1. The van der Waals surface area contributed by atoms with E-state index in [0.717, 1.165) is 29.0 Å². The first-order valence-electron chi connectivity index (χ1n) is 9.47. The molecule has 0 saturated carbocycles. The highest BCUT2D eigenvalue weighted by molar-refractivity contribution is 7.03. The molecule has 0 spiro atoms. The van der Waals surface area contributed by atoms with E-state index in [0.29, 0.717) is 19.7 Å². The van der Waals surface area contributed by atoms with Crippen molar-refractivity contribution in [2.75, 3.05) is 19.7 Å². The van der Waals surface area contributed by atoms with Crippen molar-refractivity contribution in [1.29, 1.82) is 0 Å². The van der Waals surface area contributed by atoms with E-state index in [-0.39, 0.29) is 24.4 Å². The van der Waals surface area contributed by atoms with E-state index in [1.165, 1.54) is 23.7 Å². The molecule has 1 aromatic heterocycles. The Kier molecular flexibility index (Phi) is 6.05. The Balaban J connectivity index is 1.23. The average molecular weight is 412 g/mol. The van der Waals surface area contributed by atoms with Crippen LogP contribution < -0.4 is 4.74 Å². The van der Waals surface area contributed by atoms with Gasteiger partial charge in [-0.05, 0) is 59.4 Å². The zero-order valence-electron chi connectivity index (χ0n) is 15.8. The topological polar surface area (TPSA) is 51.7 Å². The maximum atomic E-state index is 13.0. The number of aromatic nitrogens is 1. The van der Waals surface area contributed by atoms with Gasteiger partial charge in [0.2, 0.25) is 0 Å². The van der Waals surface area contributed by atoms with Crippen molar-refractivity contribution in [2.45, 2.75) is 13.0 Å². The first kappa shape index (κ1) is 19.4. The third kappa shape index (κ3) is 5.12. The van der Waals surface area contributed by atoms with Gasteiger partial charge in [0.25, 0.3) is 0 Å². The second-order valence-electron chi connectivity index (χ2n) is 6.99. The average Bonchev–Trinajstić information content (AvgIpc) is 3.44. The van der Waals surface area contributed by atoms with Crippen molar-refractivity contribution >= 4 is 17.6 Å². The van der Waals surface area contributed by atoms with Gasteiger partial charge in [0.15, 0.2) is 0 Å². The molecule has 3 aromatic rings. The highest BCUT2D eigenvalue weighted by Crippen LogP contribution is 2.24. The molecule has 1 amide bonds. The minimum Gasteiger partial charge on any atom is -0.493 e. The predicted molar refractivity (Wildman–Crippen MR) is 109 cm³/mol. The molecule has 150 valence electrons. The van der Waals surface area contributed by atoms with Crippen LogP contribution in [0.15, 0.2) is 60.0 Å². The van der Waals surface area contributed by atoms with E-state index in [1.807, 2.05) is 35.7 Å². The molecule has 5 nitrogen and oxygen atoms in total. The van der Waals surface area contributed by atoms with Gasteiger partial charge in [-0.1, -0.05) is 24.3 Å². The highest BCUT2D eigenvalue weighted by Gasteiger charge is 2.27. The van der Waals surface area contributed by atoms with E-state index in [2.05, 4.69) is 4.37 Å². The Labute approximate surface area is 172 Å². The normalized spacial score (nSPS) is 16.0. The van der Waals surface area contributed by atoms with Gasteiger partial charge in [-0.3, -0.25) is 0 Å². The summed E-state index contributed by atoms with van der Waals surface area (Å²) >= 11 is 1.34. The number of amides is 1. The number of halogens is 1. The van der Waals surface area contributed by atoms with Crippen molar-refractivity contribution in [3.63, 3.8) is 0 Å². The lowest BCUT2D eigenvalue weighted by atomic mass is 10.1. The van der Waals surface area contributed by atoms with Crippen LogP contribution in [0.4, 0.5) is 9.18 Å².